The summed E-state index contributed by atoms with van der Waals surface area (Å²) in [6.07, 6.45) is 3.83. The number of nitrogens with zero attached hydrogens (tertiary/aromatic N) is 2. The van der Waals surface area contributed by atoms with E-state index in [1.54, 1.807) is 24.3 Å². The summed E-state index contributed by atoms with van der Waals surface area (Å²) in [6.45, 7) is 4.27. The van der Waals surface area contributed by atoms with Gasteiger partial charge in [-0.1, -0.05) is 6.07 Å². The molecule has 1 aromatic rings. The molecule has 1 aromatic heterocycles. The molecule has 0 aromatic carbocycles. The van der Waals surface area contributed by atoms with Crippen molar-refractivity contribution in [3.8, 4) is 0 Å². The number of hydrogen-bond donors (Lipinski definition) is 1. The molecule has 88 valence electrons. The number of rotatable bonds is 4. The number of pyridine rings is 1. The molecule has 0 saturated heterocycles. The first kappa shape index (κ1) is 12.6. The second kappa shape index (κ2) is 5.07. The molecule has 0 aliphatic rings. The molecule has 0 spiro atoms. The summed E-state index contributed by atoms with van der Waals surface area (Å²) in [5.41, 5.74) is 6.37. The Morgan fingerprint density at radius 2 is 2.25 bits per heavy atom. The number of nitrogens with two attached hydrogens (primary N) is 1. The lowest BCUT2D eigenvalue weighted by Gasteiger charge is -2.23. The molecule has 0 unspecified atom stereocenters. The van der Waals surface area contributed by atoms with Gasteiger partial charge in [-0.2, -0.15) is 0 Å². The zero-order valence-corrected chi connectivity index (χ0v) is 10.1. The van der Waals surface area contributed by atoms with Crippen LogP contribution in [0, 0.1) is 0 Å². The van der Waals surface area contributed by atoms with Crippen LogP contribution in [-0.4, -0.2) is 28.4 Å². The summed E-state index contributed by atoms with van der Waals surface area (Å²) < 4.78 is 0. The Kier molecular flexibility index (Phi) is 4.01. The molecular weight excluding hydrogens is 202 g/mol. The number of aromatic nitrogens is 1. The molecule has 2 N–H and O–H groups in total. The van der Waals surface area contributed by atoms with Crippen LogP contribution in [0.15, 0.2) is 24.5 Å². The minimum absolute atomic E-state index is 0.0522. The lowest BCUT2D eigenvalue weighted by molar-refractivity contribution is -0.131. The van der Waals surface area contributed by atoms with Crippen molar-refractivity contribution in [2.24, 2.45) is 5.73 Å². The first-order valence-electron chi connectivity index (χ1n) is 5.30. The van der Waals surface area contributed by atoms with Gasteiger partial charge in [-0.05, 0) is 25.5 Å². The highest BCUT2D eigenvalue weighted by atomic mass is 16.2. The monoisotopic (exact) mass is 221 g/mol. The molecule has 0 fully saturated rings. The fourth-order valence-electron chi connectivity index (χ4n) is 1.38. The summed E-state index contributed by atoms with van der Waals surface area (Å²) in [5, 5.41) is 0. The van der Waals surface area contributed by atoms with Crippen LogP contribution >= 0.6 is 0 Å². The Labute approximate surface area is 96.5 Å². The summed E-state index contributed by atoms with van der Waals surface area (Å²) in [4.78, 5) is 17.5. The van der Waals surface area contributed by atoms with Gasteiger partial charge in [0.05, 0.1) is 0 Å². The lowest BCUT2D eigenvalue weighted by Crippen LogP contribution is -2.39. The first-order chi connectivity index (χ1) is 7.38. The molecule has 0 atom stereocenters. The maximum atomic E-state index is 11.8. The second-order valence-corrected chi connectivity index (χ2v) is 4.78. The zero-order chi connectivity index (χ0) is 12.2. The highest BCUT2D eigenvalue weighted by molar-refractivity contribution is 5.77. The van der Waals surface area contributed by atoms with Crippen LogP contribution in [0.5, 0.6) is 0 Å². The standard InChI is InChI=1S/C12H19N3O/c1-12(2,13)7-11(16)15(3)9-10-5-4-6-14-8-10/h4-6,8H,7,9,13H2,1-3H3. The number of carbonyl (C=O) groups is 1. The molecule has 0 aliphatic carbocycles. The molecule has 0 bridgehead atoms. The van der Waals surface area contributed by atoms with Gasteiger partial charge in [0.1, 0.15) is 0 Å². The molecule has 0 aliphatic heterocycles. The van der Waals surface area contributed by atoms with E-state index in [1.165, 1.54) is 0 Å². The van der Waals surface area contributed by atoms with Gasteiger partial charge < -0.3 is 10.6 Å². The third-order valence-corrected chi connectivity index (χ3v) is 2.18. The molecule has 1 rings (SSSR count). The lowest BCUT2D eigenvalue weighted by atomic mass is 10.0. The largest absolute Gasteiger partial charge is 0.341 e. The van der Waals surface area contributed by atoms with Crippen molar-refractivity contribution in [3.05, 3.63) is 30.1 Å². The van der Waals surface area contributed by atoms with Crippen molar-refractivity contribution < 1.29 is 4.79 Å². The van der Waals surface area contributed by atoms with Crippen molar-refractivity contribution in [2.45, 2.75) is 32.4 Å². The van der Waals surface area contributed by atoms with Crippen LogP contribution in [0.3, 0.4) is 0 Å². The van der Waals surface area contributed by atoms with Crippen LogP contribution in [0.1, 0.15) is 25.8 Å². The SMILES string of the molecule is CN(Cc1cccnc1)C(=O)CC(C)(C)N. The molecule has 0 radical (unpaired) electrons. The molecule has 16 heavy (non-hydrogen) atoms. The van der Waals surface area contributed by atoms with Crippen molar-refractivity contribution in [3.63, 3.8) is 0 Å². The van der Waals surface area contributed by atoms with E-state index in [1.807, 2.05) is 26.0 Å². The van der Waals surface area contributed by atoms with Gasteiger partial charge in [0.25, 0.3) is 0 Å². The van der Waals surface area contributed by atoms with E-state index in [-0.39, 0.29) is 5.91 Å². The van der Waals surface area contributed by atoms with Gasteiger partial charge in [0, 0.05) is 37.9 Å². The van der Waals surface area contributed by atoms with E-state index in [2.05, 4.69) is 4.98 Å². The predicted octanol–water partition coefficient (Wildman–Crippen LogP) is 1.17. The number of amides is 1. The topological polar surface area (TPSA) is 59.2 Å². The Bertz CT molecular complexity index is 343. The van der Waals surface area contributed by atoms with Gasteiger partial charge in [-0.25, -0.2) is 0 Å². The van der Waals surface area contributed by atoms with Crippen molar-refractivity contribution in [1.29, 1.82) is 0 Å². The summed E-state index contributed by atoms with van der Waals surface area (Å²) in [6, 6.07) is 3.81. The third-order valence-electron chi connectivity index (χ3n) is 2.18. The van der Waals surface area contributed by atoms with E-state index in [4.69, 9.17) is 5.73 Å². The minimum atomic E-state index is -0.458. The van der Waals surface area contributed by atoms with Crippen LogP contribution in [-0.2, 0) is 11.3 Å². The molecule has 1 amide bonds. The Morgan fingerprint density at radius 1 is 1.56 bits per heavy atom. The minimum Gasteiger partial charge on any atom is -0.341 e. The van der Waals surface area contributed by atoms with E-state index in [0.29, 0.717) is 13.0 Å². The molecule has 1 heterocycles. The summed E-state index contributed by atoms with van der Waals surface area (Å²) >= 11 is 0. The number of hydrogen-bond acceptors (Lipinski definition) is 3. The van der Waals surface area contributed by atoms with E-state index in [9.17, 15) is 4.79 Å². The third kappa shape index (κ3) is 4.40. The maximum absolute atomic E-state index is 11.8. The van der Waals surface area contributed by atoms with Crippen LogP contribution in [0.25, 0.3) is 0 Å². The molecular formula is C12H19N3O. The average Bonchev–Trinajstić information content (AvgIpc) is 2.16. The Morgan fingerprint density at radius 3 is 2.75 bits per heavy atom. The Hall–Kier alpha value is -1.42. The quantitative estimate of drug-likeness (QED) is 0.830. The molecule has 4 heteroatoms. The summed E-state index contributed by atoms with van der Waals surface area (Å²) in [5.74, 6) is 0.0522. The van der Waals surface area contributed by atoms with Gasteiger partial charge >= 0.3 is 0 Å². The van der Waals surface area contributed by atoms with Crippen LogP contribution in [0.4, 0.5) is 0 Å². The average molecular weight is 221 g/mol. The van der Waals surface area contributed by atoms with Crippen molar-refractivity contribution in [2.75, 3.05) is 7.05 Å². The highest BCUT2D eigenvalue weighted by Crippen LogP contribution is 2.08. The number of carbonyl (C=O) groups excluding carboxylic acids is 1. The highest BCUT2D eigenvalue weighted by Gasteiger charge is 2.19. The van der Waals surface area contributed by atoms with Crippen LogP contribution < -0.4 is 5.73 Å². The normalized spacial score (nSPS) is 11.2. The predicted molar refractivity (Wildman–Crippen MR) is 63.6 cm³/mol. The van der Waals surface area contributed by atoms with Gasteiger partial charge in [0.15, 0.2) is 0 Å². The van der Waals surface area contributed by atoms with E-state index >= 15 is 0 Å². The fraction of sp³-hybridized carbons (Fsp3) is 0.500. The summed E-state index contributed by atoms with van der Waals surface area (Å²) in [7, 11) is 1.78. The maximum Gasteiger partial charge on any atom is 0.224 e. The second-order valence-electron chi connectivity index (χ2n) is 4.78. The zero-order valence-electron chi connectivity index (χ0n) is 10.1. The van der Waals surface area contributed by atoms with Gasteiger partial charge in [-0.3, -0.25) is 9.78 Å². The van der Waals surface area contributed by atoms with E-state index < -0.39 is 5.54 Å². The fourth-order valence-corrected chi connectivity index (χ4v) is 1.38. The van der Waals surface area contributed by atoms with Gasteiger partial charge in [-0.15, -0.1) is 0 Å². The molecule has 0 saturated carbocycles. The van der Waals surface area contributed by atoms with E-state index in [0.717, 1.165) is 5.56 Å². The first-order valence-corrected chi connectivity index (χ1v) is 5.30. The van der Waals surface area contributed by atoms with Crippen LogP contribution in [0.2, 0.25) is 0 Å². The Balaban J connectivity index is 2.53. The molecule has 4 nitrogen and oxygen atoms in total. The van der Waals surface area contributed by atoms with Crippen molar-refractivity contribution >= 4 is 5.91 Å². The smallest absolute Gasteiger partial charge is 0.224 e. The van der Waals surface area contributed by atoms with Crippen molar-refractivity contribution in [1.82, 2.24) is 9.88 Å². The van der Waals surface area contributed by atoms with Gasteiger partial charge in [0.2, 0.25) is 5.91 Å².